The van der Waals surface area contributed by atoms with E-state index >= 15 is 0 Å². The number of hydrogen-bond acceptors (Lipinski definition) is 2. The summed E-state index contributed by atoms with van der Waals surface area (Å²) in [6.07, 6.45) is 4.06. The van der Waals surface area contributed by atoms with Crippen LogP contribution in [0.25, 0.3) is 33.6 Å². The Labute approximate surface area is 178 Å². The Morgan fingerprint density at radius 1 is 0.600 bits per heavy atom. The van der Waals surface area contributed by atoms with Crippen molar-refractivity contribution >= 4 is 0 Å². The van der Waals surface area contributed by atoms with Crippen molar-refractivity contribution in [3.8, 4) is 33.6 Å². The lowest BCUT2D eigenvalue weighted by atomic mass is 9.96. The predicted molar refractivity (Wildman–Crippen MR) is 124 cm³/mol. The third-order valence-electron chi connectivity index (χ3n) is 5.39. The van der Waals surface area contributed by atoms with Crippen LogP contribution in [0, 0.1) is 0 Å². The Kier molecular flexibility index (Phi) is 6.73. The lowest BCUT2D eigenvalue weighted by molar-refractivity contribution is 0.282. The fourth-order valence-electron chi connectivity index (χ4n) is 3.92. The van der Waals surface area contributed by atoms with Gasteiger partial charge < -0.3 is 5.11 Å². The van der Waals surface area contributed by atoms with E-state index in [9.17, 15) is 0 Å². The number of rotatable bonds is 9. The number of unbranched alkanes of at least 4 members (excludes halogenated alkanes) is 3. The van der Waals surface area contributed by atoms with Gasteiger partial charge in [-0.2, -0.15) is 5.10 Å². The summed E-state index contributed by atoms with van der Waals surface area (Å²) in [7, 11) is 0. The molecule has 3 nitrogen and oxygen atoms in total. The molecule has 4 rings (SSSR count). The first kappa shape index (κ1) is 20.1. The summed E-state index contributed by atoms with van der Waals surface area (Å²) in [5.41, 5.74) is 6.87. The van der Waals surface area contributed by atoms with Gasteiger partial charge in [0.15, 0.2) is 0 Å². The van der Waals surface area contributed by atoms with E-state index in [1.165, 1.54) is 22.4 Å². The average molecular weight is 397 g/mol. The molecule has 0 radical (unpaired) electrons. The second-order valence-electron chi connectivity index (χ2n) is 7.53. The van der Waals surface area contributed by atoms with Crippen molar-refractivity contribution in [1.82, 2.24) is 9.78 Å². The van der Waals surface area contributed by atoms with Gasteiger partial charge >= 0.3 is 0 Å². The van der Waals surface area contributed by atoms with Crippen molar-refractivity contribution in [3.63, 3.8) is 0 Å². The number of aliphatic hydroxyl groups excluding tert-OH is 1. The van der Waals surface area contributed by atoms with E-state index in [1.54, 1.807) is 0 Å². The van der Waals surface area contributed by atoms with Crippen LogP contribution in [-0.2, 0) is 6.54 Å². The zero-order chi connectivity index (χ0) is 20.6. The fraction of sp³-hybridized carbons (Fsp3) is 0.222. The molecule has 0 aliphatic heterocycles. The lowest BCUT2D eigenvalue weighted by Crippen LogP contribution is -2.03. The van der Waals surface area contributed by atoms with Gasteiger partial charge in [-0.25, -0.2) is 0 Å². The Hall–Kier alpha value is -3.17. The van der Waals surface area contributed by atoms with E-state index in [0.717, 1.165) is 43.5 Å². The smallest absolute Gasteiger partial charge is 0.101 e. The number of aliphatic hydroxyl groups is 1. The monoisotopic (exact) mass is 396 g/mol. The minimum Gasteiger partial charge on any atom is -0.396 e. The normalized spacial score (nSPS) is 11.0. The van der Waals surface area contributed by atoms with Crippen LogP contribution in [0.5, 0.6) is 0 Å². The molecule has 0 saturated heterocycles. The van der Waals surface area contributed by atoms with Gasteiger partial charge in [-0.05, 0) is 18.4 Å². The van der Waals surface area contributed by atoms with Crippen LogP contribution in [0.4, 0.5) is 0 Å². The molecule has 152 valence electrons. The maximum Gasteiger partial charge on any atom is 0.101 e. The van der Waals surface area contributed by atoms with Crippen molar-refractivity contribution in [2.45, 2.75) is 32.2 Å². The third kappa shape index (κ3) is 4.52. The predicted octanol–water partition coefficient (Wildman–Crippen LogP) is 6.44. The Bertz CT molecular complexity index is 1040. The molecule has 4 aromatic rings. The molecule has 0 amide bonds. The van der Waals surface area contributed by atoms with E-state index in [2.05, 4.69) is 89.6 Å². The first-order valence-electron chi connectivity index (χ1n) is 10.8. The molecule has 0 atom stereocenters. The highest BCUT2D eigenvalue weighted by Gasteiger charge is 2.21. The number of nitrogens with zero attached hydrogens (tertiary/aromatic N) is 2. The van der Waals surface area contributed by atoms with Gasteiger partial charge in [0.25, 0.3) is 0 Å². The topological polar surface area (TPSA) is 38.0 Å². The molecule has 30 heavy (non-hydrogen) atoms. The van der Waals surface area contributed by atoms with Gasteiger partial charge in [0.1, 0.15) is 5.69 Å². The van der Waals surface area contributed by atoms with Crippen LogP contribution in [-0.4, -0.2) is 21.5 Å². The quantitative estimate of drug-likeness (QED) is 0.331. The fourth-order valence-corrected chi connectivity index (χ4v) is 3.92. The molecule has 3 aromatic carbocycles. The van der Waals surface area contributed by atoms with Crippen LogP contribution >= 0.6 is 0 Å². The second kappa shape index (κ2) is 10.0. The van der Waals surface area contributed by atoms with Gasteiger partial charge in [-0.1, -0.05) is 104 Å². The molecule has 1 heterocycles. The van der Waals surface area contributed by atoms with Gasteiger partial charge in [-0.3, -0.25) is 4.68 Å². The highest BCUT2D eigenvalue weighted by Crippen LogP contribution is 2.40. The van der Waals surface area contributed by atoms with Crippen LogP contribution in [0.1, 0.15) is 25.7 Å². The maximum absolute atomic E-state index is 9.05. The molecular weight excluding hydrogens is 368 g/mol. The van der Waals surface area contributed by atoms with Crippen molar-refractivity contribution in [3.05, 3.63) is 91.0 Å². The van der Waals surface area contributed by atoms with Crippen molar-refractivity contribution in [1.29, 1.82) is 0 Å². The SMILES string of the molecule is OCCCCCCn1nc(-c2ccccc2)c(-c2ccccc2)c1-c1ccccc1. The molecule has 0 unspecified atom stereocenters. The Morgan fingerprint density at radius 2 is 1.13 bits per heavy atom. The minimum atomic E-state index is 0.271. The number of benzene rings is 3. The highest BCUT2D eigenvalue weighted by molar-refractivity contribution is 5.91. The van der Waals surface area contributed by atoms with Crippen molar-refractivity contribution in [2.75, 3.05) is 6.61 Å². The summed E-state index contributed by atoms with van der Waals surface area (Å²) in [5.74, 6) is 0. The van der Waals surface area contributed by atoms with Crippen LogP contribution in [0.15, 0.2) is 91.0 Å². The molecule has 0 fully saturated rings. The van der Waals surface area contributed by atoms with E-state index in [1.807, 2.05) is 6.07 Å². The maximum atomic E-state index is 9.05. The summed E-state index contributed by atoms with van der Waals surface area (Å²) in [4.78, 5) is 0. The summed E-state index contributed by atoms with van der Waals surface area (Å²) in [6, 6.07) is 31.6. The number of aromatic nitrogens is 2. The lowest BCUT2D eigenvalue weighted by Gasteiger charge is -2.11. The minimum absolute atomic E-state index is 0.271. The van der Waals surface area contributed by atoms with E-state index < -0.39 is 0 Å². The van der Waals surface area contributed by atoms with E-state index in [0.29, 0.717) is 0 Å². The Balaban J connectivity index is 1.84. The molecule has 1 N–H and O–H groups in total. The molecule has 0 spiro atoms. The summed E-state index contributed by atoms with van der Waals surface area (Å²) < 4.78 is 2.18. The molecular formula is C27H28N2O. The molecule has 1 aromatic heterocycles. The molecule has 3 heteroatoms. The molecule has 0 aliphatic rings. The highest BCUT2D eigenvalue weighted by atomic mass is 16.2. The van der Waals surface area contributed by atoms with Crippen molar-refractivity contribution in [2.24, 2.45) is 0 Å². The van der Waals surface area contributed by atoms with Crippen LogP contribution in [0.3, 0.4) is 0 Å². The first-order chi connectivity index (χ1) is 14.9. The van der Waals surface area contributed by atoms with Crippen LogP contribution < -0.4 is 0 Å². The molecule has 0 aliphatic carbocycles. The zero-order valence-electron chi connectivity index (χ0n) is 17.2. The second-order valence-corrected chi connectivity index (χ2v) is 7.53. The van der Waals surface area contributed by atoms with Gasteiger partial charge in [-0.15, -0.1) is 0 Å². The molecule has 0 bridgehead atoms. The van der Waals surface area contributed by atoms with E-state index in [4.69, 9.17) is 10.2 Å². The van der Waals surface area contributed by atoms with Crippen LogP contribution in [0.2, 0.25) is 0 Å². The van der Waals surface area contributed by atoms with Gasteiger partial charge in [0.05, 0.1) is 5.69 Å². The standard InChI is InChI=1S/C27H28N2O/c30-21-13-2-1-12-20-29-27(24-18-10-5-11-19-24)25(22-14-6-3-7-15-22)26(28-29)23-16-8-4-9-17-23/h3-11,14-19,30H,1-2,12-13,20-21H2. The first-order valence-corrected chi connectivity index (χ1v) is 10.8. The largest absolute Gasteiger partial charge is 0.396 e. The summed E-state index contributed by atoms with van der Waals surface area (Å²) in [5, 5.41) is 14.2. The Morgan fingerprint density at radius 3 is 1.73 bits per heavy atom. The van der Waals surface area contributed by atoms with Gasteiger partial charge in [0, 0.05) is 29.8 Å². The third-order valence-corrected chi connectivity index (χ3v) is 5.39. The van der Waals surface area contributed by atoms with Gasteiger partial charge in [0.2, 0.25) is 0 Å². The summed E-state index contributed by atoms with van der Waals surface area (Å²) in [6.45, 7) is 1.13. The number of hydrogen-bond donors (Lipinski definition) is 1. The zero-order valence-corrected chi connectivity index (χ0v) is 17.2. The van der Waals surface area contributed by atoms with Crippen molar-refractivity contribution < 1.29 is 5.11 Å². The molecule has 0 saturated carbocycles. The summed E-state index contributed by atoms with van der Waals surface area (Å²) >= 11 is 0. The van der Waals surface area contributed by atoms with E-state index in [-0.39, 0.29) is 6.61 Å². The average Bonchev–Trinajstić information content (AvgIpc) is 3.20. The number of aryl methyl sites for hydroxylation is 1.